The number of nitrogens with two attached hydrogens (primary N) is 1. The van der Waals surface area contributed by atoms with Gasteiger partial charge in [-0.2, -0.15) is 0 Å². The van der Waals surface area contributed by atoms with Gasteiger partial charge >= 0.3 is 0 Å². The van der Waals surface area contributed by atoms with E-state index in [-0.39, 0.29) is 11.3 Å². The highest BCUT2D eigenvalue weighted by atomic mass is 35.5. The van der Waals surface area contributed by atoms with E-state index in [1.807, 2.05) is 30.3 Å². The third kappa shape index (κ3) is 3.04. The molecule has 2 aromatic carbocycles. The van der Waals surface area contributed by atoms with Gasteiger partial charge in [0.1, 0.15) is 0 Å². The average molecular weight is 369 g/mol. The lowest BCUT2D eigenvalue weighted by atomic mass is 9.68. The lowest BCUT2D eigenvalue weighted by Crippen LogP contribution is -2.49. The molecule has 1 amide bonds. The Morgan fingerprint density at radius 1 is 1.12 bits per heavy atom. The van der Waals surface area contributed by atoms with E-state index in [1.54, 1.807) is 0 Å². The molecule has 1 aliphatic carbocycles. The van der Waals surface area contributed by atoms with Crippen LogP contribution in [-0.2, 0) is 11.8 Å². The van der Waals surface area contributed by atoms with Gasteiger partial charge in [-0.25, -0.2) is 0 Å². The summed E-state index contributed by atoms with van der Waals surface area (Å²) in [5.74, 6) is 0.194. The third-order valence-electron chi connectivity index (χ3n) is 6.31. The summed E-state index contributed by atoms with van der Waals surface area (Å²) in [4.78, 5) is 15.0. The fraction of sp³-hybridized carbons (Fsp3) is 0.409. The second-order valence-corrected chi connectivity index (χ2v) is 8.07. The summed E-state index contributed by atoms with van der Waals surface area (Å²) in [5.41, 5.74) is 9.49. The Morgan fingerprint density at radius 3 is 2.62 bits per heavy atom. The van der Waals surface area contributed by atoms with Gasteiger partial charge in [0.25, 0.3) is 5.91 Å². The first-order valence-corrected chi connectivity index (χ1v) is 9.86. The molecule has 0 aromatic heterocycles. The molecular formula is C22H25ClN2O. The van der Waals surface area contributed by atoms with Crippen LogP contribution in [0.4, 0.5) is 0 Å². The van der Waals surface area contributed by atoms with Crippen molar-refractivity contribution in [2.75, 3.05) is 13.1 Å². The van der Waals surface area contributed by atoms with Crippen molar-refractivity contribution >= 4 is 17.5 Å². The van der Waals surface area contributed by atoms with Crippen LogP contribution in [0.1, 0.15) is 47.2 Å². The van der Waals surface area contributed by atoms with Crippen LogP contribution in [0.3, 0.4) is 0 Å². The van der Waals surface area contributed by atoms with Gasteiger partial charge in [0, 0.05) is 35.1 Å². The number of hydrogen-bond acceptors (Lipinski definition) is 2. The molecule has 1 fully saturated rings. The molecule has 0 atom stereocenters. The van der Waals surface area contributed by atoms with Gasteiger partial charge in [-0.1, -0.05) is 41.9 Å². The molecule has 3 nitrogen and oxygen atoms in total. The topological polar surface area (TPSA) is 46.3 Å². The molecule has 0 spiro atoms. The van der Waals surface area contributed by atoms with Crippen molar-refractivity contribution in [3.63, 3.8) is 0 Å². The number of nitrogens with zero attached hydrogens (tertiary/aromatic N) is 1. The lowest BCUT2D eigenvalue weighted by Gasteiger charge is -2.44. The van der Waals surface area contributed by atoms with Gasteiger partial charge in [0.15, 0.2) is 0 Å². The number of amides is 1. The van der Waals surface area contributed by atoms with Crippen LogP contribution >= 0.6 is 11.6 Å². The minimum atomic E-state index is -0.0157. The number of hydrogen-bond donors (Lipinski definition) is 1. The Labute approximate surface area is 160 Å². The van der Waals surface area contributed by atoms with Gasteiger partial charge in [-0.15, -0.1) is 0 Å². The highest BCUT2D eigenvalue weighted by molar-refractivity contribution is 6.30. The summed E-state index contributed by atoms with van der Waals surface area (Å²) >= 11 is 6.21. The molecule has 1 saturated carbocycles. The van der Waals surface area contributed by atoms with E-state index >= 15 is 0 Å². The van der Waals surface area contributed by atoms with Crippen molar-refractivity contribution in [3.8, 4) is 0 Å². The number of carbonyl (C=O) groups is 1. The molecule has 26 heavy (non-hydrogen) atoms. The summed E-state index contributed by atoms with van der Waals surface area (Å²) in [6.45, 7) is 1.45. The van der Waals surface area contributed by atoms with Crippen LogP contribution in [0, 0.1) is 0 Å². The minimum absolute atomic E-state index is 0.0157. The molecule has 2 N–H and O–H groups in total. The van der Waals surface area contributed by atoms with Crippen molar-refractivity contribution in [2.24, 2.45) is 5.73 Å². The van der Waals surface area contributed by atoms with Gasteiger partial charge in [-0.3, -0.25) is 4.79 Å². The number of rotatable bonds is 3. The van der Waals surface area contributed by atoms with Crippen LogP contribution in [0.25, 0.3) is 0 Å². The van der Waals surface area contributed by atoms with Crippen LogP contribution in [0.15, 0.2) is 48.5 Å². The maximum Gasteiger partial charge on any atom is 0.254 e. The average Bonchev–Trinajstić information content (AvgIpc) is 2.69. The van der Waals surface area contributed by atoms with Crippen molar-refractivity contribution < 1.29 is 4.79 Å². The van der Waals surface area contributed by atoms with E-state index in [0.29, 0.717) is 12.6 Å². The molecule has 0 bridgehead atoms. The first kappa shape index (κ1) is 17.6. The number of halogens is 1. The van der Waals surface area contributed by atoms with Crippen molar-refractivity contribution in [1.29, 1.82) is 0 Å². The van der Waals surface area contributed by atoms with E-state index in [2.05, 4.69) is 23.1 Å². The lowest BCUT2D eigenvalue weighted by molar-refractivity contribution is 0.0575. The van der Waals surface area contributed by atoms with Crippen LogP contribution < -0.4 is 5.73 Å². The predicted octanol–water partition coefficient (Wildman–Crippen LogP) is 4.18. The molecular weight excluding hydrogens is 344 g/mol. The maximum absolute atomic E-state index is 12.9. The van der Waals surface area contributed by atoms with E-state index in [4.69, 9.17) is 17.3 Å². The zero-order chi connectivity index (χ0) is 18.1. The molecule has 2 aromatic rings. The second-order valence-electron chi connectivity index (χ2n) is 7.63. The molecule has 0 radical (unpaired) electrons. The predicted molar refractivity (Wildman–Crippen MR) is 106 cm³/mol. The summed E-state index contributed by atoms with van der Waals surface area (Å²) in [7, 11) is 0. The quantitative estimate of drug-likeness (QED) is 0.883. The van der Waals surface area contributed by atoms with Gasteiger partial charge in [0.2, 0.25) is 0 Å². The third-order valence-corrected chi connectivity index (χ3v) is 6.55. The Bertz CT molecular complexity index is 811. The Kier molecular flexibility index (Phi) is 4.76. The number of benzene rings is 2. The minimum Gasteiger partial charge on any atom is -0.335 e. The monoisotopic (exact) mass is 368 g/mol. The zero-order valence-electron chi connectivity index (χ0n) is 15.0. The normalized spacial score (nSPS) is 25.8. The van der Waals surface area contributed by atoms with E-state index in [9.17, 15) is 4.79 Å². The summed E-state index contributed by atoms with van der Waals surface area (Å²) < 4.78 is 0. The second kappa shape index (κ2) is 7.05. The highest BCUT2D eigenvalue weighted by Gasteiger charge is 2.39. The molecule has 4 heteroatoms. The van der Waals surface area contributed by atoms with E-state index in [1.165, 1.54) is 11.1 Å². The summed E-state index contributed by atoms with van der Waals surface area (Å²) in [6, 6.07) is 16.4. The Hall–Kier alpha value is -1.84. The van der Waals surface area contributed by atoms with Gasteiger partial charge in [-0.05, 0) is 61.4 Å². The van der Waals surface area contributed by atoms with Crippen LogP contribution in [0.5, 0.6) is 0 Å². The fourth-order valence-electron chi connectivity index (χ4n) is 4.69. The first-order valence-electron chi connectivity index (χ1n) is 9.48. The van der Waals surface area contributed by atoms with Gasteiger partial charge < -0.3 is 10.6 Å². The fourth-order valence-corrected chi connectivity index (χ4v) is 4.88. The molecule has 0 unspecified atom stereocenters. The molecule has 1 aliphatic heterocycles. The highest BCUT2D eigenvalue weighted by Crippen LogP contribution is 2.41. The SMILES string of the molecule is NCC1(c2cccc(Cl)c2)CCC(N2CCc3ccccc3C2=O)CC1. The number of carbonyl (C=O) groups excluding carboxylic acids is 1. The van der Waals surface area contributed by atoms with Crippen LogP contribution in [-0.4, -0.2) is 29.9 Å². The standard InChI is InChI=1S/C22H25ClN2O/c23-18-6-3-5-17(14-18)22(15-24)11-8-19(9-12-22)25-13-10-16-4-1-2-7-20(16)21(25)26/h1-7,14,19H,8-13,15,24H2. The first-order chi connectivity index (χ1) is 12.6. The van der Waals surface area contributed by atoms with Crippen molar-refractivity contribution in [3.05, 3.63) is 70.2 Å². The Morgan fingerprint density at radius 2 is 1.88 bits per heavy atom. The molecule has 4 rings (SSSR count). The smallest absolute Gasteiger partial charge is 0.254 e. The molecule has 0 saturated heterocycles. The largest absolute Gasteiger partial charge is 0.335 e. The number of fused-ring (bicyclic) bond motifs is 1. The molecule has 2 aliphatic rings. The van der Waals surface area contributed by atoms with Crippen molar-refractivity contribution in [2.45, 2.75) is 43.6 Å². The van der Waals surface area contributed by atoms with Crippen molar-refractivity contribution in [1.82, 2.24) is 4.90 Å². The van der Waals surface area contributed by atoms with E-state index < -0.39 is 0 Å². The van der Waals surface area contributed by atoms with Crippen LogP contribution in [0.2, 0.25) is 5.02 Å². The maximum atomic E-state index is 12.9. The Balaban J connectivity index is 1.51. The van der Waals surface area contributed by atoms with Gasteiger partial charge in [0.05, 0.1) is 0 Å². The van der Waals surface area contributed by atoms with E-state index in [0.717, 1.165) is 49.2 Å². The summed E-state index contributed by atoms with van der Waals surface area (Å²) in [5, 5.41) is 0.764. The summed E-state index contributed by atoms with van der Waals surface area (Å²) in [6.07, 6.45) is 4.95. The molecule has 136 valence electrons. The molecule has 1 heterocycles. The zero-order valence-corrected chi connectivity index (χ0v) is 15.7.